The molecule has 1 unspecified atom stereocenters. The molecule has 0 spiro atoms. The van der Waals surface area contributed by atoms with Gasteiger partial charge in [0.2, 0.25) is 5.91 Å². The first-order chi connectivity index (χ1) is 10.3. The van der Waals surface area contributed by atoms with E-state index in [1.807, 2.05) is 0 Å². The Balaban J connectivity index is 1.85. The van der Waals surface area contributed by atoms with Gasteiger partial charge >= 0.3 is 5.97 Å². The van der Waals surface area contributed by atoms with Gasteiger partial charge < -0.3 is 15.4 Å². The molecule has 0 aromatic carbocycles. The molecule has 9 heteroatoms. The average Bonchev–Trinajstić information content (AvgIpc) is 3.04. The molecule has 1 amide bonds. The van der Waals surface area contributed by atoms with Crippen LogP contribution in [0, 0.1) is 5.41 Å². The predicted molar refractivity (Wildman–Crippen MR) is 88.4 cm³/mol. The lowest BCUT2D eigenvalue weighted by atomic mass is 9.98. The summed E-state index contributed by atoms with van der Waals surface area (Å²) in [5, 5.41) is 9.71. The van der Waals surface area contributed by atoms with Crippen molar-refractivity contribution in [3.05, 3.63) is 12.4 Å². The molecule has 2 rings (SSSR count). The van der Waals surface area contributed by atoms with Crippen molar-refractivity contribution in [1.29, 1.82) is 0 Å². The molecular weight excluding hydrogens is 324 g/mol. The van der Waals surface area contributed by atoms with Crippen LogP contribution in [-0.4, -0.2) is 37.8 Å². The molecule has 0 saturated carbocycles. The number of aromatic nitrogens is 2. The lowest BCUT2D eigenvalue weighted by Gasteiger charge is -2.16. The van der Waals surface area contributed by atoms with E-state index in [0.29, 0.717) is 15.8 Å². The van der Waals surface area contributed by atoms with Gasteiger partial charge in [0, 0.05) is 5.75 Å². The fraction of sp³-hybridized carbons (Fsp3) is 0.538. The molecule has 0 radical (unpaired) electrons. The van der Waals surface area contributed by atoms with Crippen LogP contribution >= 0.6 is 24.0 Å². The van der Waals surface area contributed by atoms with Gasteiger partial charge in [-0.3, -0.25) is 9.59 Å². The minimum Gasteiger partial charge on any atom is -0.442 e. The maximum Gasteiger partial charge on any atom is 0.313 e. The van der Waals surface area contributed by atoms with Crippen LogP contribution in [0.2, 0.25) is 0 Å². The van der Waals surface area contributed by atoms with Gasteiger partial charge in [-0.2, -0.15) is 5.10 Å². The molecular formula is C13H18N4O3S2. The Morgan fingerprint density at radius 3 is 2.91 bits per heavy atom. The summed E-state index contributed by atoms with van der Waals surface area (Å²) in [6.07, 6.45) is 3.11. The summed E-state index contributed by atoms with van der Waals surface area (Å²) in [5.41, 5.74) is -0.0181. The van der Waals surface area contributed by atoms with Gasteiger partial charge in [0.15, 0.2) is 6.73 Å². The molecule has 120 valence electrons. The van der Waals surface area contributed by atoms with E-state index in [1.165, 1.54) is 22.6 Å². The van der Waals surface area contributed by atoms with Gasteiger partial charge in [-0.15, -0.1) is 0 Å². The van der Waals surface area contributed by atoms with Crippen LogP contribution in [-0.2, 0) is 21.1 Å². The number of nitrogens with one attached hydrogen (secondary N) is 2. The number of thioether (sulfide) groups is 1. The number of ether oxygens (including phenoxy) is 1. The van der Waals surface area contributed by atoms with Crippen molar-refractivity contribution in [2.45, 2.75) is 33.5 Å². The molecule has 1 atom stereocenters. The molecule has 1 saturated heterocycles. The Morgan fingerprint density at radius 1 is 1.59 bits per heavy atom. The molecule has 0 bridgehead atoms. The maximum absolute atomic E-state index is 12.0. The number of anilines is 1. The zero-order chi connectivity index (χ0) is 16.3. The molecule has 1 aromatic heterocycles. The average molecular weight is 342 g/mol. The number of hydrogen-bond donors (Lipinski definition) is 2. The Morgan fingerprint density at radius 2 is 2.32 bits per heavy atom. The van der Waals surface area contributed by atoms with E-state index in [1.54, 1.807) is 27.0 Å². The molecule has 2 N–H and O–H groups in total. The third-order valence-corrected chi connectivity index (χ3v) is 4.18. The highest BCUT2D eigenvalue weighted by Crippen LogP contribution is 2.17. The summed E-state index contributed by atoms with van der Waals surface area (Å²) in [6.45, 7) is 5.34. The van der Waals surface area contributed by atoms with Gasteiger partial charge in [0.05, 0.1) is 23.5 Å². The highest BCUT2D eigenvalue weighted by Gasteiger charge is 2.26. The quantitative estimate of drug-likeness (QED) is 0.631. The van der Waals surface area contributed by atoms with Crippen LogP contribution < -0.4 is 10.6 Å². The second-order valence-electron chi connectivity index (χ2n) is 5.86. The molecule has 22 heavy (non-hydrogen) atoms. The SMILES string of the molecule is CC(C)(C)C(=O)OCn1cc(NC(=O)C2CSC(=S)N2)cn1. The summed E-state index contributed by atoms with van der Waals surface area (Å²) in [5.74, 6) is 0.134. The van der Waals surface area contributed by atoms with E-state index in [2.05, 4.69) is 15.7 Å². The number of thiocarbonyl (C=S) groups is 1. The van der Waals surface area contributed by atoms with Crippen molar-refractivity contribution in [1.82, 2.24) is 15.1 Å². The Hall–Kier alpha value is -1.61. The fourth-order valence-corrected chi connectivity index (χ4v) is 2.72. The topological polar surface area (TPSA) is 85.2 Å². The largest absolute Gasteiger partial charge is 0.442 e. The van der Waals surface area contributed by atoms with Crippen LogP contribution in [0.4, 0.5) is 5.69 Å². The van der Waals surface area contributed by atoms with E-state index < -0.39 is 5.41 Å². The van der Waals surface area contributed by atoms with Crippen molar-refractivity contribution in [3.8, 4) is 0 Å². The van der Waals surface area contributed by atoms with Gasteiger partial charge in [-0.05, 0) is 20.8 Å². The predicted octanol–water partition coefficient (Wildman–Crippen LogP) is 1.36. The summed E-state index contributed by atoms with van der Waals surface area (Å²) in [4.78, 5) is 23.7. The highest BCUT2D eigenvalue weighted by molar-refractivity contribution is 8.23. The third-order valence-electron chi connectivity index (χ3n) is 2.83. The van der Waals surface area contributed by atoms with E-state index >= 15 is 0 Å². The van der Waals surface area contributed by atoms with Gasteiger partial charge in [-0.25, -0.2) is 4.68 Å². The number of carbonyl (C=O) groups is 2. The number of amides is 1. The number of hydrogen-bond acceptors (Lipinski definition) is 6. The molecule has 1 fully saturated rings. The van der Waals surface area contributed by atoms with Gasteiger partial charge in [-0.1, -0.05) is 24.0 Å². The van der Waals surface area contributed by atoms with Crippen LogP contribution in [0.1, 0.15) is 20.8 Å². The summed E-state index contributed by atoms with van der Waals surface area (Å²) in [7, 11) is 0. The smallest absolute Gasteiger partial charge is 0.313 e. The summed E-state index contributed by atoms with van der Waals surface area (Å²) >= 11 is 6.42. The molecule has 1 aromatic rings. The van der Waals surface area contributed by atoms with Crippen LogP contribution in [0.15, 0.2) is 12.4 Å². The minimum atomic E-state index is -0.561. The number of rotatable bonds is 4. The minimum absolute atomic E-state index is 0.00753. The number of nitrogens with zero attached hydrogens (tertiary/aromatic N) is 2. The highest BCUT2D eigenvalue weighted by atomic mass is 32.2. The number of esters is 1. The zero-order valence-corrected chi connectivity index (χ0v) is 14.2. The standard InChI is InChI=1S/C13H18N4O3S2/c1-13(2,3)11(19)20-7-17-5-8(4-14-17)15-10(18)9-6-22-12(21)16-9/h4-5,9H,6-7H2,1-3H3,(H,15,18)(H,16,21). The van der Waals surface area contributed by atoms with Crippen LogP contribution in [0.3, 0.4) is 0 Å². The van der Waals surface area contributed by atoms with Crippen molar-refractivity contribution in [2.75, 3.05) is 11.1 Å². The van der Waals surface area contributed by atoms with Crippen molar-refractivity contribution in [2.24, 2.45) is 5.41 Å². The molecule has 0 aliphatic carbocycles. The lowest BCUT2D eigenvalue weighted by Crippen LogP contribution is -2.38. The van der Waals surface area contributed by atoms with Gasteiger partial charge in [0.25, 0.3) is 0 Å². The Labute approximate surface area is 138 Å². The van der Waals surface area contributed by atoms with Crippen LogP contribution in [0.5, 0.6) is 0 Å². The van der Waals surface area contributed by atoms with E-state index in [-0.39, 0.29) is 24.6 Å². The second kappa shape index (κ2) is 6.66. The van der Waals surface area contributed by atoms with Crippen LogP contribution in [0.25, 0.3) is 0 Å². The summed E-state index contributed by atoms with van der Waals surface area (Å²) in [6, 6.07) is -0.334. The normalized spacial score (nSPS) is 18.0. The first kappa shape index (κ1) is 16.8. The fourth-order valence-electron chi connectivity index (χ4n) is 1.60. The first-order valence-electron chi connectivity index (χ1n) is 6.69. The van der Waals surface area contributed by atoms with Crippen molar-refractivity contribution in [3.63, 3.8) is 0 Å². The Bertz CT molecular complexity index is 594. The lowest BCUT2D eigenvalue weighted by molar-refractivity contribution is -0.157. The maximum atomic E-state index is 12.0. The third kappa shape index (κ3) is 4.44. The van der Waals surface area contributed by atoms with E-state index in [0.717, 1.165) is 0 Å². The molecule has 1 aliphatic heterocycles. The van der Waals surface area contributed by atoms with Crippen molar-refractivity contribution < 1.29 is 14.3 Å². The summed E-state index contributed by atoms with van der Waals surface area (Å²) < 4.78 is 7.22. The number of carbonyl (C=O) groups excluding carboxylic acids is 2. The molecule has 1 aliphatic rings. The monoisotopic (exact) mass is 342 g/mol. The van der Waals surface area contributed by atoms with E-state index in [9.17, 15) is 9.59 Å². The van der Waals surface area contributed by atoms with Crippen molar-refractivity contribution >= 4 is 45.9 Å². The van der Waals surface area contributed by atoms with E-state index in [4.69, 9.17) is 17.0 Å². The second-order valence-corrected chi connectivity index (χ2v) is 7.56. The molecule has 7 nitrogen and oxygen atoms in total. The van der Waals surface area contributed by atoms with Gasteiger partial charge in [0.1, 0.15) is 10.4 Å². The molecule has 2 heterocycles. The zero-order valence-electron chi connectivity index (χ0n) is 12.6. The Kier molecular flexibility index (Phi) is 5.07. The first-order valence-corrected chi connectivity index (χ1v) is 8.09.